The lowest BCUT2D eigenvalue weighted by molar-refractivity contribution is 0.0817. The highest BCUT2D eigenvalue weighted by Gasteiger charge is 2.30. The van der Waals surface area contributed by atoms with Crippen molar-refractivity contribution in [1.29, 1.82) is 0 Å². The van der Waals surface area contributed by atoms with Crippen LogP contribution >= 0.6 is 11.3 Å². The van der Waals surface area contributed by atoms with Crippen molar-refractivity contribution in [3.8, 4) is 21.9 Å². The van der Waals surface area contributed by atoms with Crippen molar-refractivity contribution in [2.45, 2.75) is 60.1 Å². The Balaban J connectivity index is 2.01. The molecule has 0 aliphatic carbocycles. The van der Waals surface area contributed by atoms with E-state index < -0.39 is 5.60 Å². The fourth-order valence-electron chi connectivity index (χ4n) is 4.31. The van der Waals surface area contributed by atoms with Gasteiger partial charge in [0.05, 0.1) is 10.5 Å². The molecule has 0 spiro atoms. The number of nitrogens with one attached hydrogen (secondary N) is 2. The molecule has 4 aromatic heterocycles. The van der Waals surface area contributed by atoms with Gasteiger partial charge >= 0.3 is 0 Å². The number of carbonyl (C=O) groups is 1. The number of aromatic nitrogens is 3. The molecule has 9 heteroatoms. The number of thiophene rings is 1. The summed E-state index contributed by atoms with van der Waals surface area (Å²) < 4.78 is 8.03. The van der Waals surface area contributed by atoms with E-state index in [1.165, 1.54) is 15.9 Å². The molecule has 0 aromatic carbocycles. The van der Waals surface area contributed by atoms with Crippen LogP contribution in [-0.2, 0) is 12.6 Å². The van der Waals surface area contributed by atoms with Gasteiger partial charge in [-0.25, -0.2) is 0 Å². The SMILES string of the molecule is Cc1cncc(C)c1Oc1c(-c2cn(C)c(=O)c3[nH]c(C(=O)NC(C)C)cc23)sc(C(C)(C)O)c1C. The Hall–Kier alpha value is -3.43. The summed E-state index contributed by atoms with van der Waals surface area (Å²) >= 11 is 1.41. The molecule has 4 rings (SSSR count). The van der Waals surface area contributed by atoms with Gasteiger partial charge in [0.1, 0.15) is 22.7 Å². The van der Waals surface area contributed by atoms with Gasteiger partial charge in [0.15, 0.2) is 0 Å². The van der Waals surface area contributed by atoms with Crippen LogP contribution in [0.2, 0.25) is 0 Å². The molecule has 1 amide bonds. The normalized spacial score (nSPS) is 11.9. The number of carbonyl (C=O) groups excluding carboxylic acids is 1. The molecule has 0 saturated heterocycles. The first-order valence-electron chi connectivity index (χ1n) is 11.8. The number of hydrogen-bond donors (Lipinski definition) is 3. The van der Waals surface area contributed by atoms with E-state index in [1.54, 1.807) is 45.6 Å². The zero-order chi connectivity index (χ0) is 26.5. The number of rotatable bonds is 6. The lowest BCUT2D eigenvalue weighted by Crippen LogP contribution is -2.30. The molecule has 0 aliphatic rings. The van der Waals surface area contributed by atoms with Gasteiger partial charge in [-0.05, 0) is 54.5 Å². The number of H-pyrrole nitrogens is 1. The van der Waals surface area contributed by atoms with Crippen LogP contribution in [0.1, 0.15) is 59.8 Å². The topological polar surface area (TPSA) is 109 Å². The van der Waals surface area contributed by atoms with E-state index in [9.17, 15) is 14.7 Å². The number of aryl methyl sites for hydroxylation is 3. The Labute approximate surface area is 214 Å². The van der Waals surface area contributed by atoms with E-state index in [2.05, 4.69) is 15.3 Å². The minimum Gasteiger partial charge on any atom is -0.455 e. The van der Waals surface area contributed by atoms with Crippen molar-refractivity contribution in [2.24, 2.45) is 7.05 Å². The number of pyridine rings is 2. The zero-order valence-electron chi connectivity index (χ0n) is 21.9. The third kappa shape index (κ3) is 4.56. The molecule has 4 aromatic rings. The molecule has 36 heavy (non-hydrogen) atoms. The average Bonchev–Trinajstić information content (AvgIpc) is 3.35. The molecule has 4 heterocycles. The van der Waals surface area contributed by atoms with Gasteiger partial charge in [-0.1, -0.05) is 0 Å². The number of aliphatic hydroxyl groups is 1. The van der Waals surface area contributed by atoms with E-state index in [4.69, 9.17) is 4.74 Å². The highest BCUT2D eigenvalue weighted by Crippen LogP contribution is 2.49. The third-order valence-corrected chi connectivity index (χ3v) is 7.60. The average molecular weight is 509 g/mol. The summed E-state index contributed by atoms with van der Waals surface area (Å²) in [5, 5.41) is 14.4. The van der Waals surface area contributed by atoms with E-state index >= 15 is 0 Å². The number of ether oxygens (including phenoxy) is 1. The molecular weight excluding hydrogens is 476 g/mol. The predicted octanol–water partition coefficient (Wildman–Crippen LogP) is 5.07. The van der Waals surface area contributed by atoms with Crippen LogP contribution in [0.5, 0.6) is 11.5 Å². The minimum absolute atomic E-state index is 0.0488. The van der Waals surface area contributed by atoms with Crippen LogP contribution in [0.25, 0.3) is 21.3 Å². The standard InChI is InChI=1S/C27H32N4O4S/c1-13(2)29-25(32)19-9-17-18(12-31(8)26(33)20(17)30-19)23-22(16(5)24(36-23)27(6,7)34)35-21-14(3)10-28-11-15(21)4/h9-13,30,34H,1-8H3,(H,29,32). The molecule has 3 N–H and O–H groups in total. The first kappa shape index (κ1) is 25.7. The molecule has 0 bridgehead atoms. The molecular formula is C27H32N4O4S. The van der Waals surface area contributed by atoms with Crippen molar-refractivity contribution in [3.05, 3.63) is 62.3 Å². The maximum absolute atomic E-state index is 13.0. The second-order valence-corrected chi connectivity index (χ2v) is 11.1. The van der Waals surface area contributed by atoms with Gasteiger partial charge in [-0.2, -0.15) is 0 Å². The molecule has 190 valence electrons. The number of amides is 1. The number of hydrogen-bond acceptors (Lipinski definition) is 6. The van der Waals surface area contributed by atoms with Crippen molar-refractivity contribution in [1.82, 2.24) is 19.9 Å². The lowest BCUT2D eigenvalue weighted by Gasteiger charge is -2.17. The summed E-state index contributed by atoms with van der Waals surface area (Å²) in [6, 6.07) is 1.65. The van der Waals surface area contributed by atoms with Crippen LogP contribution in [0.4, 0.5) is 0 Å². The molecule has 0 radical (unpaired) electrons. The van der Waals surface area contributed by atoms with Crippen LogP contribution in [0, 0.1) is 20.8 Å². The summed E-state index contributed by atoms with van der Waals surface area (Å²) in [6.45, 7) is 13.0. The van der Waals surface area contributed by atoms with E-state index in [0.29, 0.717) is 28.1 Å². The van der Waals surface area contributed by atoms with E-state index in [0.717, 1.165) is 32.0 Å². The molecule has 0 fully saturated rings. The largest absolute Gasteiger partial charge is 0.455 e. The zero-order valence-corrected chi connectivity index (χ0v) is 22.7. The van der Waals surface area contributed by atoms with Gasteiger partial charge in [0.2, 0.25) is 0 Å². The Bertz CT molecular complexity index is 1520. The van der Waals surface area contributed by atoms with Crippen molar-refractivity contribution >= 4 is 28.1 Å². The van der Waals surface area contributed by atoms with Gasteiger partial charge in [-0.3, -0.25) is 14.6 Å². The Morgan fingerprint density at radius 2 is 1.83 bits per heavy atom. The summed E-state index contributed by atoms with van der Waals surface area (Å²) in [5.74, 6) is 1.01. The Morgan fingerprint density at radius 3 is 2.42 bits per heavy atom. The molecule has 0 saturated carbocycles. The summed E-state index contributed by atoms with van der Waals surface area (Å²) in [7, 11) is 1.68. The summed E-state index contributed by atoms with van der Waals surface area (Å²) in [5.41, 5.74) is 2.62. The van der Waals surface area contributed by atoms with Gasteiger partial charge < -0.3 is 24.7 Å². The number of fused-ring (bicyclic) bond motifs is 1. The molecule has 0 aliphatic heterocycles. The molecule has 0 atom stereocenters. The quantitative estimate of drug-likeness (QED) is 0.337. The Kier molecular flexibility index (Phi) is 6.57. The van der Waals surface area contributed by atoms with Crippen LogP contribution in [0.3, 0.4) is 0 Å². The van der Waals surface area contributed by atoms with Gasteiger partial charge in [-0.15, -0.1) is 11.3 Å². The molecule has 0 unspecified atom stereocenters. The second-order valence-electron chi connectivity index (χ2n) is 10.0. The maximum Gasteiger partial charge on any atom is 0.274 e. The van der Waals surface area contributed by atoms with Crippen LogP contribution in [-0.4, -0.2) is 31.6 Å². The van der Waals surface area contributed by atoms with Crippen molar-refractivity contribution < 1.29 is 14.6 Å². The highest BCUT2D eigenvalue weighted by atomic mass is 32.1. The summed E-state index contributed by atoms with van der Waals surface area (Å²) in [4.78, 5) is 34.5. The maximum atomic E-state index is 13.0. The fraction of sp³-hybridized carbons (Fsp3) is 0.370. The highest BCUT2D eigenvalue weighted by molar-refractivity contribution is 7.16. The molecule has 8 nitrogen and oxygen atoms in total. The number of aromatic amines is 1. The summed E-state index contributed by atoms with van der Waals surface area (Å²) in [6.07, 6.45) is 5.24. The van der Waals surface area contributed by atoms with E-state index in [-0.39, 0.29) is 17.5 Å². The Morgan fingerprint density at radius 1 is 1.19 bits per heavy atom. The van der Waals surface area contributed by atoms with Gasteiger partial charge in [0.25, 0.3) is 11.5 Å². The van der Waals surface area contributed by atoms with Crippen LogP contribution < -0.4 is 15.6 Å². The fourth-order valence-corrected chi connectivity index (χ4v) is 5.57. The third-order valence-electron chi connectivity index (χ3n) is 5.98. The van der Waals surface area contributed by atoms with Crippen molar-refractivity contribution in [2.75, 3.05) is 0 Å². The predicted molar refractivity (Wildman–Crippen MR) is 143 cm³/mol. The minimum atomic E-state index is -1.10. The monoisotopic (exact) mass is 508 g/mol. The second kappa shape index (κ2) is 9.22. The lowest BCUT2D eigenvalue weighted by atomic mass is 10.0. The number of nitrogens with zero attached hydrogens (tertiary/aromatic N) is 2. The van der Waals surface area contributed by atoms with Crippen molar-refractivity contribution in [3.63, 3.8) is 0 Å². The van der Waals surface area contributed by atoms with Crippen LogP contribution in [0.15, 0.2) is 29.5 Å². The van der Waals surface area contributed by atoms with Gasteiger partial charge in [0, 0.05) is 64.2 Å². The first-order chi connectivity index (χ1) is 16.8. The van der Waals surface area contributed by atoms with E-state index in [1.807, 2.05) is 34.6 Å². The first-order valence-corrected chi connectivity index (χ1v) is 12.6. The smallest absolute Gasteiger partial charge is 0.274 e.